The van der Waals surface area contributed by atoms with Gasteiger partial charge in [0.05, 0.1) is 11.1 Å². The lowest BCUT2D eigenvalue weighted by Crippen LogP contribution is -2.27. The lowest BCUT2D eigenvalue weighted by Gasteiger charge is -2.20. The Morgan fingerprint density at radius 1 is 1.07 bits per heavy atom. The molecule has 0 unspecified atom stereocenters. The van der Waals surface area contributed by atoms with Gasteiger partial charge in [-0.3, -0.25) is 15.7 Å². The van der Waals surface area contributed by atoms with E-state index in [0.29, 0.717) is 23.0 Å². The second-order valence-corrected chi connectivity index (χ2v) is 7.43. The molecule has 2 N–H and O–H groups in total. The lowest BCUT2D eigenvalue weighted by atomic mass is 10.0. The molecule has 0 aliphatic heterocycles. The lowest BCUT2D eigenvalue weighted by molar-refractivity contribution is 0.232. The van der Waals surface area contributed by atoms with Crippen LogP contribution in [0.25, 0.3) is 10.9 Å². The zero-order valence-corrected chi connectivity index (χ0v) is 16.9. The number of nitrogens with one attached hydrogen (secondary N) is 1. The van der Waals surface area contributed by atoms with Gasteiger partial charge in [0.25, 0.3) is 0 Å². The maximum atomic E-state index is 9.73. The number of pyridine rings is 2. The molecule has 0 aliphatic carbocycles. The van der Waals surface area contributed by atoms with Crippen LogP contribution in [0.5, 0.6) is 11.6 Å². The van der Waals surface area contributed by atoms with Gasteiger partial charge in [-0.2, -0.15) is 0 Å². The summed E-state index contributed by atoms with van der Waals surface area (Å²) in [5.74, 6) is 1.29. The smallest absolute Gasteiger partial charge is 0.230 e. The second kappa shape index (κ2) is 7.94. The molecule has 3 aromatic rings. The van der Waals surface area contributed by atoms with Crippen molar-refractivity contribution in [2.24, 2.45) is 4.99 Å². The normalized spacial score (nSPS) is 12.3. The number of benzene rings is 1. The Morgan fingerprint density at radius 2 is 1.79 bits per heavy atom. The van der Waals surface area contributed by atoms with Crippen LogP contribution < -0.4 is 10.2 Å². The molecule has 0 fully saturated rings. The minimum atomic E-state index is -0.342. The van der Waals surface area contributed by atoms with E-state index >= 15 is 0 Å². The summed E-state index contributed by atoms with van der Waals surface area (Å²) >= 11 is 0. The van der Waals surface area contributed by atoms with E-state index in [4.69, 9.17) is 4.74 Å². The fourth-order valence-corrected chi connectivity index (χ4v) is 2.72. The summed E-state index contributed by atoms with van der Waals surface area (Å²) in [6.07, 6.45) is 0.820. The molecule has 0 radical (unpaired) electrons. The molecule has 0 spiro atoms. The molecule has 0 saturated heterocycles. The topological polar surface area (TPSA) is 79.6 Å². The first-order valence-corrected chi connectivity index (χ1v) is 9.35. The number of rotatable bonds is 5. The number of ether oxygens (including phenoxy) is 1. The van der Waals surface area contributed by atoms with Crippen LogP contribution in [0.1, 0.15) is 44.1 Å². The fraction of sp³-hybridized carbons (Fsp3) is 0.318. The zero-order valence-electron chi connectivity index (χ0n) is 16.9. The van der Waals surface area contributed by atoms with Crippen LogP contribution >= 0.6 is 0 Å². The number of aromatic nitrogens is 2. The molecule has 0 saturated carbocycles. The van der Waals surface area contributed by atoms with Crippen LogP contribution in [-0.4, -0.2) is 26.5 Å². The number of nitrogens with zero attached hydrogens (tertiary/aromatic N) is 3. The molecule has 6 heteroatoms. The molecule has 0 bridgehead atoms. The minimum Gasteiger partial charge on any atom is -0.436 e. The van der Waals surface area contributed by atoms with Crippen LogP contribution in [0.15, 0.2) is 47.5 Å². The summed E-state index contributed by atoms with van der Waals surface area (Å²) in [6.45, 7) is 9.89. The van der Waals surface area contributed by atoms with Gasteiger partial charge < -0.3 is 4.74 Å². The molecule has 1 aromatic carbocycles. The van der Waals surface area contributed by atoms with Gasteiger partial charge in [0.15, 0.2) is 11.6 Å². The molecule has 3 rings (SSSR count). The molecular formula is C22H26N4O2. The number of para-hydroxylation sites is 1. The van der Waals surface area contributed by atoms with E-state index in [1.807, 2.05) is 77.1 Å². The highest BCUT2D eigenvalue weighted by atomic mass is 16.5. The van der Waals surface area contributed by atoms with Crippen molar-refractivity contribution in [3.05, 3.63) is 59.4 Å². The van der Waals surface area contributed by atoms with Gasteiger partial charge in [-0.05, 0) is 58.4 Å². The molecular weight excluding hydrogens is 352 g/mol. The van der Waals surface area contributed by atoms with Gasteiger partial charge in [-0.1, -0.05) is 25.1 Å². The summed E-state index contributed by atoms with van der Waals surface area (Å²) in [5, 5.41) is 10.7. The number of amidine groups is 1. The summed E-state index contributed by atoms with van der Waals surface area (Å²) in [7, 11) is 0. The highest BCUT2D eigenvalue weighted by molar-refractivity contribution is 6.00. The van der Waals surface area contributed by atoms with E-state index in [1.165, 1.54) is 0 Å². The molecule has 0 aliphatic rings. The highest BCUT2D eigenvalue weighted by Crippen LogP contribution is 2.30. The third kappa shape index (κ3) is 4.28. The Morgan fingerprint density at radius 3 is 2.50 bits per heavy atom. The molecule has 6 nitrogen and oxygen atoms in total. The van der Waals surface area contributed by atoms with Gasteiger partial charge in [0.2, 0.25) is 5.88 Å². The Bertz CT molecular complexity index is 1030. The maximum absolute atomic E-state index is 9.73. The van der Waals surface area contributed by atoms with Gasteiger partial charge in [-0.15, -0.1) is 0 Å². The van der Waals surface area contributed by atoms with Crippen LogP contribution in [0.4, 0.5) is 0 Å². The van der Waals surface area contributed by atoms with Gasteiger partial charge in [-0.25, -0.2) is 9.97 Å². The van der Waals surface area contributed by atoms with Crippen molar-refractivity contribution in [1.82, 2.24) is 15.4 Å². The monoisotopic (exact) mass is 378 g/mol. The number of fused-ring (bicyclic) bond motifs is 1. The molecule has 28 heavy (non-hydrogen) atoms. The number of aryl methyl sites for hydroxylation is 2. The number of hydrogen-bond acceptors (Lipinski definition) is 5. The predicted octanol–water partition coefficient (Wildman–Crippen LogP) is 4.95. The Balaban J connectivity index is 2.11. The van der Waals surface area contributed by atoms with Crippen molar-refractivity contribution < 1.29 is 9.94 Å². The average Bonchev–Trinajstić information content (AvgIpc) is 2.67. The van der Waals surface area contributed by atoms with E-state index in [-0.39, 0.29) is 5.54 Å². The number of hydrogen-bond donors (Lipinski definition) is 2. The van der Waals surface area contributed by atoms with Crippen LogP contribution in [-0.2, 0) is 0 Å². The van der Waals surface area contributed by atoms with Crippen molar-refractivity contribution in [3.8, 4) is 11.6 Å². The Kier molecular flexibility index (Phi) is 5.61. The quantitative estimate of drug-likeness (QED) is 0.373. The van der Waals surface area contributed by atoms with E-state index < -0.39 is 0 Å². The van der Waals surface area contributed by atoms with Crippen molar-refractivity contribution >= 4 is 16.7 Å². The van der Waals surface area contributed by atoms with E-state index in [2.05, 4.69) is 20.4 Å². The minimum absolute atomic E-state index is 0.318. The van der Waals surface area contributed by atoms with Crippen molar-refractivity contribution in [2.75, 3.05) is 0 Å². The van der Waals surface area contributed by atoms with Gasteiger partial charge >= 0.3 is 0 Å². The third-order valence-electron chi connectivity index (χ3n) is 4.67. The summed E-state index contributed by atoms with van der Waals surface area (Å²) < 4.78 is 6.18. The molecule has 146 valence electrons. The Hall–Kier alpha value is -2.99. The largest absolute Gasteiger partial charge is 0.436 e. The predicted molar refractivity (Wildman–Crippen MR) is 111 cm³/mol. The third-order valence-corrected chi connectivity index (χ3v) is 4.67. The van der Waals surface area contributed by atoms with Crippen molar-refractivity contribution in [3.63, 3.8) is 0 Å². The first-order valence-electron chi connectivity index (χ1n) is 9.35. The van der Waals surface area contributed by atoms with Crippen molar-refractivity contribution in [1.29, 1.82) is 0 Å². The summed E-state index contributed by atoms with van der Waals surface area (Å²) in [6, 6.07) is 13.5. The molecule has 2 heterocycles. The van der Waals surface area contributed by atoms with Crippen LogP contribution in [0.3, 0.4) is 0 Å². The standard InChI is InChI=1S/C22H26N4O2/c1-6-22(4,5)25-20(26-27)17-13-11-15(3)24-21(17)28-18-9-7-8-16-12-10-14(2)23-19(16)18/h7-13,27H,6H2,1-5H3,(H,25,26). The molecule has 0 amide bonds. The second-order valence-electron chi connectivity index (χ2n) is 7.43. The SMILES string of the molecule is CCC(C)(C)N=C(NO)c1ccc(C)nc1Oc1cccc2ccc(C)nc12. The van der Waals surface area contributed by atoms with Crippen LogP contribution in [0, 0.1) is 13.8 Å². The number of hydroxylamine groups is 1. The summed E-state index contributed by atoms with van der Waals surface area (Å²) in [4.78, 5) is 13.8. The Labute approximate surface area is 165 Å². The van der Waals surface area contributed by atoms with E-state index in [1.54, 1.807) is 0 Å². The van der Waals surface area contributed by atoms with E-state index in [9.17, 15) is 5.21 Å². The van der Waals surface area contributed by atoms with Crippen molar-refractivity contribution in [2.45, 2.75) is 46.6 Å². The summed E-state index contributed by atoms with van der Waals surface area (Å²) in [5.41, 5.74) is 4.93. The van der Waals surface area contributed by atoms with Crippen LogP contribution in [0.2, 0.25) is 0 Å². The first kappa shape index (κ1) is 19.8. The zero-order chi connectivity index (χ0) is 20.3. The molecule has 2 aromatic heterocycles. The fourth-order valence-electron chi connectivity index (χ4n) is 2.72. The first-order chi connectivity index (χ1) is 13.3. The van der Waals surface area contributed by atoms with Gasteiger partial charge in [0, 0.05) is 16.8 Å². The average molecular weight is 378 g/mol. The number of aliphatic imine (C=N–C) groups is 1. The maximum Gasteiger partial charge on any atom is 0.230 e. The highest BCUT2D eigenvalue weighted by Gasteiger charge is 2.20. The molecule has 0 atom stereocenters. The van der Waals surface area contributed by atoms with Gasteiger partial charge in [0.1, 0.15) is 5.52 Å². The van der Waals surface area contributed by atoms with E-state index in [0.717, 1.165) is 28.7 Å².